The van der Waals surface area contributed by atoms with Crippen molar-refractivity contribution in [3.63, 3.8) is 0 Å². The number of carboxylic acids is 2. The van der Waals surface area contributed by atoms with Crippen molar-refractivity contribution in [3.05, 3.63) is 0 Å². The van der Waals surface area contributed by atoms with E-state index < -0.39 is 24.4 Å². The van der Waals surface area contributed by atoms with E-state index in [1.807, 2.05) is 0 Å². The van der Waals surface area contributed by atoms with E-state index in [-0.39, 0.29) is 54.2 Å². The first-order valence-electron chi connectivity index (χ1n) is 29.9. The Morgan fingerprint density at radius 1 is 0.391 bits per heavy atom. The molecule has 2 amide bonds. The number of nitrogens with one attached hydrogen (secondary N) is 2. The second kappa shape index (κ2) is 59.8. The van der Waals surface area contributed by atoms with Gasteiger partial charge >= 0.3 is 35.5 Å². The Morgan fingerprint density at radius 3 is 0.971 bits per heavy atom. The molecule has 402 valence electrons. The molecule has 0 aliphatic rings. The van der Waals surface area contributed by atoms with E-state index in [9.17, 15) is 24.3 Å². The van der Waals surface area contributed by atoms with E-state index in [4.69, 9.17) is 5.11 Å². The molecule has 0 aromatic heterocycles. The van der Waals surface area contributed by atoms with Crippen molar-refractivity contribution in [1.82, 2.24) is 10.6 Å². The molecule has 0 saturated heterocycles. The fourth-order valence-electron chi connectivity index (χ4n) is 9.45. The summed E-state index contributed by atoms with van der Waals surface area (Å²) in [7, 11) is 0. The van der Waals surface area contributed by atoms with Crippen LogP contribution in [0.5, 0.6) is 0 Å². The third kappa shape index (κ3) is 59.7. The van der Waals surface area contributed by atoms with Gasteiger partial charge in [0.25, 0.3) is 0 Å². The topological polar surface area (TPSA) is 136 Å². The normalized spacial score (nSPS) is 11.7. The van der Waals surface area contributed by atoms with Gasteiger partial charge in [0.15, 0.2) is 0 Å². The third-order valence-electron chi connectivity index (χ3n) is 14.0. The molecule has 0 heterocycles. The van der Waals surface area contributed by atoms with Crippen LogP contribution in [0.1, 0.15) is 328 Å². The molecule has 0 bridgehead atoms. The van der Waals surface area contributed by atoms with E-state index in [1.165, 1.54) is 243 Å². The van der Waals surface area contributed by atoms with Crippen molar-refractivity contribution in [3.8, 4) is 0 Å². The Morgan fingerprint density at radius 2 is 0.667 bits per heavy atom. The second-order valence-corrected chi connectivity index (χ2v) is 22.0. The van der Waals surface area contributed by atoms with Gasteiger partial charge in [-0.3, -0.25) is 9.59 Å². The van der Waals surface area contributed by atoms with Crippen LogP contribution in [-0.2, 0) is 19.2 Å². The minimum Gasteiger partial charge on any atom is -0.550 e. The first kappa shape index (κ1) is 70.3. The zero-order valence-electron chi connectivity index (χ0n) is 46.0. The smallest absolute Gasteiger partial charge is 0.550 e. The Balaban J connectivity index is 0. The second-order valence-electron chi connectivity index (χ2n) is 20.7. The fraction of sp³-hybridized carbons (Fsp3) is 0.932. The molecule has 1 atom stereocenters. The quantitative estimate of drug-likeness (QED) is 0.0408. The van der Waals surface area contributed by atoms with Gasteiger partial charge in [-0.25, -0.2) is 4.79 Å². The van der Waals surface area contributed by atoms with Crippen molar-refractivity contribution in [2.24, 2.45) is 0 Å². The van der Waals surface area contributed by atoms with Gasteiger partial charge in [-0.05, 0) is 56.5 Å². The summed E-state index contributed by atoms with van der Waals surface area (Å²) >= 11 is 2.21. The van der Waals surface area contributed by atoms with E-state index in [1.54, 1.807) is 0 Å². The van der Waals surface area contributed by atoms with Crippen molar-refractivity contribution >= 4 is 35.5 Å². The molecule has 0 aromatic carbocycles. The maximum atomic E-state index is 12.2. The van der Waals surface area contributed by atoms with Crippen molar-refractivity contribution in [1.29, 1.82) is 0 Å². The van der Waals surface area contributed by atoms with Gasteiger partial charge in [0.05, 0.1) is 0 Å². The van der Waals surface area contributed by atoms with E-state index in [2.05, 4.69) is 29.3 Å². The molecule has 10 heteroatoms. The summed E-state index contributed by atoms with van der Waals surface area (Å²) in [6.45, 7) is 3.06. The van der Waals surface area contributed by atoms with Gasteiger partial charge in [-0.2, -0.15) is 11.8 Å². The summed E-state index contributed by atoms with van der Waals surface area (Å²) in [5.41, 5.74) is 0. The van der Waals surface area contributed by atoms with Gasteiger partial charge in [0, 0.05) is 25.4 Å². The molecule has 0 aliphatic carbocycles. The molecule has 0 spiro atoms. The Kier molecular flexibility index (Phi) is 60.9. The van der Waals surface area contributed by atoms with Crippen LogP contribution in [0.15, 0.2) is 0 Å². The average molecular weight is 1000 g/mol. The van der Waals surface area contributed by atoms with Crippen LogP contribution in [0.4, 0.5) is 0 Å². The molecule has 0 fully saturated rings. The van der Waals surface area contributed by atoms with Crippen molar-refractivity contribution in [2.75, 3.05) is 18.1 Å². The number of amides is 2. The molecule has 0 aliphatic heterocycles. The van der Waals surface area contributed by atoms with Crippen LogP contribution in [0.2, 0.25) is 0 Å². The Labute approximate surface area is 454 Å². The molecule has 8 nitrogen and oxygen atoms in total. The van der Waals surface area contributed by atoms with Crippen LogP contribution < -0.4 is 45.3 Å². The molecule has 0 aromatic rings. The number of thioether (sulfide) groups is 1. The summed E-state index contributed by atoms with van der Waals surface area (Å²) in [5, 5.41) is 25.2. The van der Waals surface area contributed by atoms with E-state index >= 15 is 0 Å². The monoisotopic (exact) mass is 1000 g/mol. The molecule has 0 saturated carbocycles. The average Bonchev–Trinajstić information content (AvgIpc) is 3.32. The summed E-state index contributed by atoms with van der Waals surface area (Å²) < 4.78 is 0. The minimum atomic E-state index is -1.33. The number of rotatable bonds is 58. The summed E-state index contributed by atoms with van der Waals surface area (Å²) in [4.78, 5) is 45.9. The predicted molar refractivity (Wildman–Crippen MR) is 291 cm³/mol. The van der Waals surface area contributed by atoms with Gasteiger partial charge in [-0.15, -0.1) is 0 Å². The number of carboxylic acid groups (broad SMARTS) is 2. The molecular weight excluding hydrogens is 888 g/mol. The molecule has 0 rings (SSSR count). The number of carbonyl (C=O) groups excluding carboxylic acids is 3. The van der Waals surface area contributed by atoms with E-state index in [0.29, 0.717) is 12.8 Å². The maximum absolute atomic E-state index is 12.2. The Hall–Kier alpha value is -0.770. The Bertz CT molecular complexity index is 1100. The van der Waals surface area contributed by atoms with Crippen LogP contribution in [0.25, 0.3) is 0 Å². The first-order valence-corrected chi connectivity index (χ1v) is 31.1. The van der Waals surface area contributed by atoms with Gasteiger partial charge in [-0.1, -0.05) is 270 Å². The number of aliphatic carboxylic acids is 2. The summed E-state index contributed by atoms with van der Waals surface area (Å²) in [6, 6.07) is -1.19. The maximum Gasteiger partial charge on any atom is 1.00 e. The molecule has 1 unspecified atom stereocenters. The van der Waals surface area contributed by atoms with Crippen LogP contribution in [0, 0.1) is 0 Å². The van der Waals surface area contributed by atoms with Crippen molar-refractivity contribution in [2.45, 2.75) is 334 Å². The zero-order chi connectivity index (χ0) is 49.5. The number of hydrogen-bond donors (Lipinski definition) is 3. The third-order valence-corrected chi connectivity index (χ3v) is 15.2. The largest absolute Gasteiger partial charge is 1.00 e. The SMILES string of the molecule is CCCCCCCCCCCCSCCCCCCCCCCCCCCCCCCCCCCCCCCCCCCC(=O)NCCCCCCCCCCC(=O)NC(CCC(=O)[O-])C(=O)O.[Na+]. The van der Waals surface area contributed by atoms with E-state index in [0.717, 1.165) is 64.3 Å². The van der Waals surface area contributed by atoms with Crippen LogP contribution in [0.3, 0.4) is 0 Å². The summed E-state index contributed by atoms with van der Waals surface area (Å²) in [5.74, 6) is 0.0680. The minimum absolute atomic E-state index is 0. The molecular formula is C59H113N2NaO6S. The number of carbonyl (C=O) groups is 4. The first-order chi connectivity index (χ1) is 33.4. The van der Waals surface area contributed by atoms with Crippen molar-refractivity contribution < 1.29 is 58.9 Å². The van der Waals surface area contributed by atoms with Gasteiger partial charge in [0.2, 0.25) is 11.8 Å². The molecule has 0 radical (unpaired) electrons. The zero-order valence-corrected chi connectivity index (χ0v) is 48.8. The predicted octanol–water partition coefficient (Wildman–Crippen LogP) is 13.7. The number of hydrogen-bond acceptors (Lipinski definition) is 6. The molecule has 69 heavy (non-hydrogen) atoms. The van der Waals surface area contributed by atoms with Crippen LogP contribution in [-0.4, -0.2) is 53.0 Å². The van der Waals surface area contributed by atoms with Gasteiger partial charge < -0.3 is 25.6 Å². The molecule has 3 N–H and O–H groups in total. The van der Waals surface area contributed by atoms with Gasteiger partial charge in [0.1, 0.15) is 6.04 Å². The standard InChI is InChI=1S/C59H114N2O6S.Na/c1-2-3-4-5-6-7-31-36-41-46-53-68-54-47-42-37-32-27-25-23-21-19-17-15-13-11-9-8-10-12-14-16-18-20-22-24-26-28-33-38-43-48-56(62)60-52-45-40-35-30-29-34-39-44-49-57(63)61-55(59(66)67)50-51-58(64)65;/h55H,2-54H2,1H3,(H,60,62)(H,61,63)(H,64,65)(H,66,67);/q;+1/p-1. The fourth-order valence-corrected chi connectivity index (χ4v) is 10.5. The number of unbranched alkanes of at least 4 members (excludes halogenated alkanes) is 43. The summed E-state index contributed by atoms with van der Waals surface area (Å²) in [6.07, 6.45) is 62.1. The van der Waals surface area contributed by atoms with Crippen LogP contribution >= 0.6 is 11.8 Å².